The molecule has 20 heavy (non-hydrogen) atoms. The number of carbonyl (C=O) groups excluding carboxylic acids is 1. The average Bonchev–Trinajstić information content (AvgIpc) is 2.27. The molecule has 3 nitrogen and oxygen atoms in total. The molecule has 1 rings (SSSR count). The summed E-state index contributed by atoms with van der Waals surface area (Å²) >= 11 is 5.70. The molecular formula is C12H14Cl2F3NO2. The third-order valence-electron chi connectivity index (χ3n) is 2.43. The standard InChI is InChI=1S/C12H13ClF3NO2.ClH/c1-2-19-10(18)6-9(17)7-4-3-5-8(11(7)13)12(14,15)16;/h3-5,9H,2,6,17H2,1H3;1H/t9-;/m1./s1. The Morgan fingerprint density at radius 3 is 2.55 bits per heavy atom. The Hall–Kier alpha value is -0.980. The molecule has 0 amide bonds. The monoisotopic (exact) mass is 331 g/mol. The fourth-order valence-electron chi connectivity index (χ4n) is 1.56. The van der Waals surface area contributed by atoms with E-state index in [0.29, 0.717) is 0 Å². The molecule has 1 atom stereocenters. The topological polar surface area (TPSA) is 52.3 Å². The number of carbonyl (C=O) groups is 1. The van der Waals surface area contributed by atoms with E-state index in [0.717, 1.165) is 6.07 Å². The second kappa shape index (κ2) is 7.71. The van der Waals surface area contributed by atoms with Gasteiger partial charge in [-0.25, -0.2) is 0 Å². The lowest BCUT2D eigenvalue weighted by atomic mass is 10.0. The summed E-state index contributed by atoms with van der Waals surface area (Å²) in [4.78, 5) is 11.3. The smallest absolute Gasteiger partial charge is 0.417 e. The Labute approximate surface area is 125 Å². The lowest BCUT2D eigenvalue weighted by Gasteiger charge is -2.16. The molecule has 0 spiro atoms. The number of hydrogen-bond donors (Lipinski definition) is 1. The van der Waals surface area contributed by atoms with Crippen molar-refractivity contribution in [3.05, 3.63) is 34.3 Å². The normalized spacial score (nSPS) is 12.5. The summed E-state index contributed by atoms with van der Waals surface area (Å²) in [7, 11) is 0. The predicted molar refractivity (Wildman–Crippen MR) is 71.9 cm³/mol. The molecule has 1 aromatic rings. The van der Waals surface area contributed by atoms with Crippen LogP contribution in [-0.2, 0) is 15.7 Å². The molecule has 0 aromatic heterocycles. The molecule has 0 bridgehead atoms. The number of hydrogen-bond acceptors (Lipinski definition) is 3. The van der Waals surface area contributed by atoms with E-state index >= 15 is 0 Å². The Kier molecular flexibility index (Phi) is 7.33. The minimum atomic E-state index is -4.56. The third kappa shape index (κ3) is 4.85. The lowest BCUT2D eigenvalue weighted by Crippen LogP contribution is -2.19. The highest BCUT2D eigenvalue weighted by atomic mass is 35.5. The van der Waals surface area contributed by atoms with E-state index in [2.05, 4.69) is 4.74 Å². The van der Waals surface area contributed by atoms with Crippen molar-refractivity contribution in [3.63, 3.8) is 0 Å². The van der Waals surface area contributed by atoms with Crippen LogP contribution in [0.25, 0.3) is 0 Å². The van der Waals surface area contributed by atoms with E-state index in [1.54, 1.807) is 6.92 Å². The van der Waals surface area contributed by atoms with Crippen LogP contribution in [0.1, 0.15) is 30.5 Å². The highest BCUT2D eigenvalue weighted by Crippen LogP contribution is 2.38. The summed E-state index contributed by atoms with van der Waals surface area (Å²) in [6, 6.07) is 2.49. The summed E-state index contributed by atoms with van der Waals surface area (Å²) in [5.41, 5.74) is 4.79. The number of nitrogens with two attached hydrogens (primary N) is 1. The van der Waals surface area contributed by atoms with Gasteiger partial charge in [-0.1, -0.05) is 23.7 Å². The molecule has 8 heteroatoms. The van der Waals surface area contributed by atoms with Crippen molar-refractivity contribution in [2.75, 3.05) is 6.61 Å². The van der Waals surface area contributed by atoms with Crippen LogP contribution in [0, 0.1) is 0 Å². The molecule has 0 saturated heterocycles. The van der Waals surface area contributed by atoms with Crippen molar-refractivity contribution in [2.24, 2.45) is 5.73 Å². The van der Waals surface area contributed by atoms with E-state index in [9.17, 15) is 18.0 Å². The number of halogens is 5. The average molecular weight is 332 g/mol. The van der Waals surface area contributed by atoms with Crippen LogP contribution in [0.3, 0.4) is 0 Å². The van der Waals surface area contributed by atoms with Crippen LogP contribution in [0.2, 0.25) is 5.02 Å². The Balaban J connectivity index is 0.00000361. The van der Waals surface area contributed by atoms with Crippen molar-refractivity contribution in [2.45, 2.75) is 25.6 Å². The number of rotatable bonds is 4. The van der Waals surface area contributed by atoms with Gasteiger partial charge in [0.15, 0.2) is 0 Å². The largest absolute Gasteiger partial charge is 0.466 e. The maximum absolute atomic E-state index is 12.7. The van der Waals surface area contributed by atoms with E-state index < -0.39 is 28.8 Å². The van der Waals surface area contributed by atoms with Crippen LogP contribution in [0.5, 0.6) is 0 Å². The summed E-state index contributed by atoms with van der Waals surface area (Å²) in [5.74, 6) is -0.580. The zero-order valence-corrected chi connectivity index (χ0v) is 12.1. The second-order valence-electron chi connectivity index (χ2n) is 3.82. The molecule has 0 aliphatic rings. The van der Waals surface area contributed by atoms with Crippen molar-refractivity contribution in [1.29, 1.82) is 0 Å². The molecule has 0 aliphatic heterocycles. The zero-order valence-electron chi connectivity index (χ0n) is 10.5. The van der Waals surface area contributed by atoms with E-state index in [1.807, 2.05) is 0 Å². The number of alkyl halides is 3. The maximum atomic E-state index is 12.7. The van der Waals surface area contributed by atoms with Crippen LogP contribution >= 0.6 is 24.0 Å². The quantitative estimate of drug-likeness (QED) is 0.855. The van der Waals surface area contributed by atoms with Gasteiger partial charge in [-0.15, -0.1) is 12.4 Å². The van der Waals surface area contributed by atoms with Gasteiger partial charge >= 0.3 is 12.1 Å². The van der Waals surface area contributed by atoms with Gasteiger partial charge in [0.25, 0.3) is 0 Å². The fourth-order valence-corrected chi connectivity index (χ4v) is 1.94. The van der Waals surface area contributed by atoms with E-state index in [-0.39, 0.29) is 31.0 Å². The first-order valence-electron chi connectivity index (χ1n) is 5.54. The second-order valence-corrected chi connectivity index (χ2v) is 4.20. The lowest BCUT2D eigenvalue weighted by molar-refractivity contribution is -0.143. The van der Waals surface area contributed by atoms with Gasteiger partial charge in [0.2, 0.25) is 0 Å². The van der Waals surface area contributed by atoms with Crippen LogP contribution < -0.4 is 5.73 Å². The first-order valence-corrected chi connectivity index (χ1v) is 5.92. The summed E-state index contributed by atoms with van der Waals surface area (Å²) in [6.07, 6.45) is -4.79. The summed E-state index contributed by atoms with van der Waals surface area (Å²) in [6.45, 7) is 1.81. The fraction of sp³-hybridized carbons (Fsp3) is 0.417. The van der Waals surface area contributed by atoms with Crippen LogP contribution in [-0.4, -0.2) is 12.6 Å². The van der Waals surface area contributed by atoms with Crippen molar-refractivity contribution in [3.8, 4) is 0 Å². The number of esters is 1. The first kappa shape index (κ1) is 19.0. The minimum absolute atomic E-state index is 0. The molecule has 0 saturated carbocycles. The maximum Gasteiger partial charge on any atom is 0.417 e. The molecule has 0 heterocycles. The van der Waals surface area contributed by atoms with Gasteiger partial charge in [-0.2, -0.15) is 13.2 Å². The predicted octanol–water partition coefficient (Wildman–Crippen LogP) is 3.73. The van der Waals surface area contributed by atoms with Gasteiger partial charge in [0, 0.05) is 6.04 Å². The summed E-state index contributed by atoms with van der Waals surface area (Å²) in [5, 5.41) is -0.480. The Morgan fingerprint density at radius 1 is 1.45 bits per heavy atom. The number of ether oxygens (including phenoxy) is 1. The molecule has 114 valence electrons. The number of benzene rings is 1. The molecule has 0 unspecified atom stereocenters. The van der Waals surface area contributed by atoms with Gasteiger partial charge in [-0.05, 0) is 18.6 Å². The zero-order chi connectivity index (χ0) is 14.6. The summed E-state index contributed by atoms with van der Waals surface area (Å²) < 4.78 is 42.7. The van der Waals surface area contributed by atoms with Crippen molar-refractivity contribution < 1.29 is 22.7 Å². The third-order valence-corrected chi connectivity index (χ3v) is 2.85. The molecular weight excluding hydrogens is 318 g/mol. The molecule has 0 fully saturated rings. The van der Waals surface area contributed by atoms with Gasteiger partial charge < -0.3 is 10.5 Å². The van der Waals surface area contributed by atoms with Gasteiger partial charge in [0.1, 0.15) is 0 Å². The molecule has 0 aliphatic carbocycles. The minimum Gasteiger partial charge on any atom is -0.466 e. The Morgan fingerprint density at radius 2 is 2.05 bits per heavy atom. The van der Waals surface area contributed by atoms with Crippen LogP contribution in [0.15, 0.2) is 18.2 Å². The highest BCUT2D eigenvalue weighted by Gasteiger charge is 2.34. The van der Waals surface area contributed by atoms with E-state index in [1.165, 1.54) is 12.1 Å². The molecule has 0 radical (unpaired) electrons. The molecule has 1 aromatic carbocycles. The SMILES string of the molecule is CCOC(=O)C[C@@H](N)c1cccc(C(F)(F)F)c1Cl.Cl. The van der Waals surface area contributed by atoms with Crippen molar-refractivity contribution >= 4 is 30.0 Å². The van der Waals surface area contributed by atoms with Crippen LogP contribution in [0.4, 0.5) is 13.2 Å². The van der Waals surface area contributed by atoms with Gasteiger partial charge in [0.05, 0.1) is 23.6 Å². The Bertz CT molecular complexity index is 467. The van der Waals surface area contributed by atoms with Gasteiger partial charge in [-0.3, -0.25) is 4.79 Å². The van der Waals surface area contributed by atoms with E-state index in [4.69, 9.17) is 17.3 Å². The first-order chi connectivity index (χ1) is 8.77. The molecule has 2 N–H and O–H groups in total. The van der Waals surface area contributed by atoms with Crippen molar-refractivity contribution in [1.82, 2.24) is 0 Å². The highest BCUT2D eigenvalue weighted by molar-refractivity contribution is 6.32.